The third-order valence-electron chi connectivity index (χ3n) is 4.68. The average Bonchev–Trinajstić information content (AvgIpc) is 2.64. The normalized spacial score (nSPS) is 15.4. The van der Waals surface area contributed by atoms with Crippen LogP contribution in [0.2, 0.25) is 0 Å². The number of rotatable bonds is 6. The molecule has 25 heavy (non-hydrogen) atoms. The summed E-state index contributed by atoms with van der Waals surface area (Å²) in [6.45, 7) is 9.18. The number of piperazine rings is 1. The van der Waals surface area contributed by atoms with Crippen molar-refractivity contribution in [3.63, 3.8) is 0 Å². The molecule has 2 aromatic heterocycles. The van der Waals surface area contributed by atoms with Crippen molar-refractivity contribution in [2.45, 2.75) is 33.2 Å². The highest BCUT2D eigenvalue weighted by Gasteiger charge is 2.21. The van der Waals surface area contributed by atoms with Crippen LogP contribution in [0.4, 0.5) is 11.6 Å². The van der Waals surface area contributed by atoms with E-state index in [1.165, 1.54) is 11.1 Å². The van der Waals surface area contributed by atoms with Gasteiger partial charge < -0.3 is 10.2 Å². The first-order chi connectivity index (χ1) is 12.2. The van der Waals surface area contributed by atoms with Gasteiger partial charge in [-0.25, -0.2) is 15.0 Å². The number of aryl methyl sites for hydroxylation is 2. The smallest absolute Gasteiger partial charge is 0.135 e. The number of nitrogens with zero attached hydrogens (tertiary/aromatic N) is 5. The molecule has 0 amide bonds. The topological polar surface area (TPSA) is 57.2 Å². The summed E-state index contributed by atoms with van der Waals surface area (Å²) in [5.41, 5.74) is 2.52. The van der Waals surface area contributed by atoms with Gasteiger partial charge in [0.05, 0.1) is 0 Å². The van der Waals surface area contributed by atoms with E-state index in [1.807, 2.05) is 32.4 Å². The molecule has 6 nitrogen and oxygen atoms in total. The SMILES string of the molecule is CCCc1cnc(C)nc1N1CCN(Cc2cccnc2NC)CC1. The second-order valence-corrected chi connectivity index (χ2v) is 6.54. The fourth-order valence-corrected chi connectivity index (χ4v) is 3.35. The number of pyridine rings is 1. The molecule has 0 aliphatic carbocycles. The van der Waals surface area contributed by atoms with Gasteiger partial charge in [-0.3, -0.25) is 4.90 Å². The zero-order chi connectivity index (χ0) is 17.6. The Balaban J connectivity index is 1.65. The minimum absolute atomic E-state index is 0.853. The van der Waals surface area contributed by atoms with Gasteiger partial charge >= 0.3 is 0 Å². The summed E-state index contributed by atoms with van der Waals surface area (Å²) < 4.78 is 0. The maximum Gasteiger partial charge on any atom is 0.135 e. The number of hydrogen-bond acceptors (Lipinski definition) is 6. The van der Waals surface area contributed by atoms with Gasteiger partial charge in [0.1, 0.15) is 17.5 Å². The highest BCUT2D eigenvalue weighted by Crippen LogP contribution is 2.22. The molecular formula is C19H28N6. The average molecular weight is 340 g/mol. The lowest BCUT2D eigenvalue weighted by Gasteiger charge is -2.36. The fourth-order valence-electron chi connectivity index (χ4n) is 3.35. The molecule has 6 heteroatoms. The van der Waals surface area contributed by atoms with Crippen LogP contribution in [-0.4, -0.2) is 53.1 Å². The monoisotopic (exact) mass is 340 g/mol. The molecule has 2 aromatic rings. The predicted octanol–water partition coefficient (Wildman–Crippen LogP) is 2.50. The highest BCUT2D eigenvalue weighted by atomic mass is 15.3. The van der Waals surface area contributed by atoms with E-state index < -0.39 is 0 Å². The third kappa shape index (κ3) is 4.25. The molecule has 0 atom stereocenters. The molecule has 0 saturated carbocycles. The fraction of sp³-hybridized carbons (Fsp3) is 0.526. The Labute approximate surface area is 150 Å². The van der Waals surface area contributed by atoms with Gasteiger partial charge in [-0.15, -0.1) is 0 Å². The number of anilines is 2. The Morgan fingerprint density at radius 3 is 2.64 bits per heavy atom. The molecule has 134 valence electrons. The molecule has 0 spiro atoms. The maximum atomic E-state index is 4.73. The van der Waals surface area contributed by atoms with Crippen molar-refractivity contribution in [2.75, 3.05) is 43.4 Å². The quantitative estimate of drug-likeness (QED) is 0.872. The van der Waals surface area contributed by atoms with Gasteiger partial charge in [-0.05, 0) is 19.4 Å². The van der Waals surface area contributed by atoms with Crippen LogP contribution in [0.5, 0.6) is 0 Å². The van der Waals surface area contributed by atoms with E-state index in [0.717, 1.165) is 63.0 Å². The van der Waals surface area contributed by atoms with Crippen molar-refractivity contribution in [3.05, 3.63) is 41.5 Å². The molecule has 1 aliphatic heterocycles. The molecule has 3 heterocycles. The number of nitrogens with one attached hydrogen (secondary N) is 1. The van der Waals surface area contributed by atoms with E-state index in [2.05, 4.69) is 38.1 Å². The van der Waals surface area contributed by atoms with Crippen molar-refractivity contribution >= 4 is 11.6 Å². The molecule has 0 unspecified atom stereocenters. The molecule has 0 aromatic carbocycles. The summed E-state index contributed by atoms with van der Waals surface area (Å²) in [5, 5.41) is 3.18. The van der Waals surface area contributed by atoms with Crippen LogP contribution in [0.1, 0.15) is 30.3 Å². The summed E-state index contributed by atoms with van der Waals surface area (Å²) in [7, 11) is 1.93. The summed E-state index contributed by atoms with van der Waals surface area (Å²) in [6.07, 6.45) is 5.99. The lowest BCUT2D eigenvalue weighted by atomic mass is 10.1. The van der Waals surface area contributed by atoms with Crippen LogP contribution in [0.15, 0.2) is 24.5 Å². The van der Waals surface area contributed by atoms with Crippen molar-refractivity contribution < 1.29 is 0 Å². The van der Waals surface area contributed by atoms with Gasteiger partial charge in [-0.2, -0.15) is 0 Å². The molecule has 1 fully saturated rings. The van der Waals surface area contributed by atoms with E-state index in [4.69, 9.17) is 4.98 Å². The van der Waals surface area contributed by atoms with E-state index >= 15 is 0 Å². The van der Waals surface area contributed by atoms with Crippen LogP contribution in [0, 0.1) is 6.92 Å². The minimum atomic E-state index is 0.853. The minimum Gasteiger partial charge on any atom is -0.373 e. The Kier molecular flexibility index (Phi) is 5.81. The van der Waals surface area contributed by atoms with Crippen molar-refractivity contribution in [1.29, 1.82) is 0 Å². The van der Waals surface area contributed by atoms with Crippen molar-refractivity contribution in [2.24, 2.45) is 0 Å². The maximum absolute atomic E-state index is 4.73. The third-order valence-corrected chi connectivity index (χ3v) is 4.68. The Morgan fingerprint density at radius 1 is 1.12 bits per heavy atom. The van der Waals surface area contributed by atoms with Gasteiger partial charge in [0.2, 0.25) is 0 Å². The first-order valence-electron chi connectivity index (χ1n) is 9.12. The summed E-state index contributed by atoms with van der Waals surface area (Å²) in [4.78, 5) is 18.4. The lowest BCUT2D eigenvalue weighted by Crippen LogP contribution is -2.46. The largest absolute Gasteiger partial charge is 0.373 e. The van der Waals surface area contributed by atoms with Gasteiger partial charge in [0.25, 0.3) is 0 Å². The van der Waals surface area contributed by atoms with Crippen LogP contribution in [0.3, 0.4) is 0 Å². The second kappa shape index (κ2) is 8.25. The molecular weight excluding hydrogens is 312 g/mol. The molecule has 3 rings (SSSR count). The van der Waals surface area contributed by atoms with Gasteiger partial charge in [0, 0.05) is 63.3 Å². The molecule has 0 radical (unpaired) electrons. The molecule has 1 aliphatic rings. The molecule has 1 saturated heterocycles. The van der Waals surface area contributed by atoms with Crippen molar-refractivity contribution in [1.82, 2.24) is 19.9 Å². The summed E-state index contributed by atoms with van der Waals surface area (Å²) in [5.74, 6) is 2.96. The van der Waals surface area contributed by atoms with Crippen molar-refractivity contribution in [3.8, 4) is 0 Å². The first kappa shape index (κ1) is 17.6. The number of aromatic nitrogens is 3. The van der Waals surface area contributed by atoms with E-state index in [0.29, 0.717) is 0 Å². The summed E-state index contributed by atoms with van der Waals surface area (Å²) in [6, 6.07) is 4.16. The molecule has 0 bridgehead atoms. The Morgan fingerprint density at radius 2 is 1.92 bits per heavy atom. The van der Waals surface area contributed by atoms with Crippen LogP contribution in [0.25, 0.3) is 0 Å². The summed E-state index contributed by atoms with van der Waals surface area (Å²) >= 11 is 0. The second-order valence-electron chi connectivity index (χ2n) is 6.54. The van der Waals surface area contributed by atoms with E-state index in [-0.39, 0.29) is 0 Å². The Hall–Kier alpha value is -2.21. The zero-order valence-corrected chi connectivity index (χ0v) is 15.5. The van der Waals surface area contributed by atoms with Crippen LogP contribution in [-0.2, 0) is 13.0 Å². The van der Waals surface area contributed by atoms with Crippen LogP contribution < -0.4 is 10.2 Å². The van der Waals surface area contributed by atoms with E-state index in [1.54, 1.807) is 0 Å². The van der Waals surface area contributed by atoms with Gasteiger partial charge in [-0.1, -0.05) is 19.4 Å². The standard InChI is InChI=1S/C19H28N6/c1-4-6-16-13-22-15(2)23-19(16)25-11-9-24(10-12-25)14-17-7-5-8-21-18(17)20-3/h5,7-8,13H,4,6,9-12,14H2,1-3H3,(H,20,21). The van der Waals surface area contributed by atoms with Gasteiger partial charge in [0.15, 0.2) is 0 Å². The number of hydrogen-bond donors (Lipinski definition) is 1. The highest BCUT2D eigenvalue weighted by molar-refractivity contribution is 5.47. The first-order valence-corrected chi connectivity index (χ1v) is 9.12. The lowest BCUT2D eigenvalue weighted by molar-refractivity contribution is 0.249. The predicted molar refractivity (Wildman–Crippen MR) is 102 cm³/mol. The molecule has 1 N–H and O–H groups in total. The van der Waals surface area contributed by atoms with E-state index in [9.17, 15) is 0 Å². The van der Waals surface area contributed by atoms with Crippen LogP contribution >= 0.6 is 0 Å². The zero-order valence-electron chi connectivity index (χ0n) is 15.5. The Bertz CT molecular complexity index is 694.